The largest absolute Gasteiger partial charge is 0.433 e. The number of para-hydroxylation sites is 1. The minimum Gasteiger partial charge on any atom is -0.293 e. The van der Waals surface area contributed by atoms with Crippen molar-refractivity contribution in [3.05, 3.63) is 30.3 Å². The van der Waals surface area contributed by atoms with Crippen LogP contribution in [-0.4, -0.2) is 12.2 Å². The monoisotopic (exact) mass is 257 g/mol. The first-order valence-electron chi connectivity index (χ1n) is 5.71. The van der Waals surface area contributed by atoms with Crippen LogP contribution in [0.3, 0.4) is 0 Å². The Hall–Kier alpha value is -0.830. The fraction of sp³-hybridized carbons (Fsp3) is 0.500. The summed E-state index contributed by atoms with van der Waals surface area (Å²) in [5.74, 6) is 0. The van der Waals surface area contributed by atoms with Gasteiger partial charge in [-0.3, -0.25) is 14.1 Å². The van der Waals surface area contributed by atoms with Gasteiger partial charge in [0.1, 0.15) is 0 Å². The Kier molecular flexibility index (Phi) is 5.19. The summed E-state index contributed by atoms with van der Waals surface area (Å²) in [4.78, 5) is 0. The Morgan fingerprint density at radius 2 is 1.47 bits per heavy atom. The Morgan fingerprint density at radius 3 is 1.88 bits per heavy atom. The molecule has 0 saturated carbocycles. The summed E-state index contributed by atoms with van der Waals surface area (Å²) >= 11 is 0. The van der Waals surface area contributed by atoms with Crippen LogP contribution in [0.2, 0.25) is 0 Å². The molecule has 0 amide bonds. The quantitative estimate of drug-likeness (QED) is 0.781. The molecule has 1 aromatic rings. The molecule has 0 heterocycles. The topological polar surface area (TPSA) is 47.6 Å². The van der Waals surface area contributed by atoms with Crippen LogP contribution in [-0.2, 0) is 13.6 Å². The maximum absolute atomic E-state index is 12.4. The van der Waals surface area contributed by atoms with Gasteiger partial charge >= 0.3 is 7.75 Å². The first-order valence-corrected chi connectivity index (χ1v) is 7.26. The van der Waals surface area contributed by atoms with Crippen molar-refractivity contribution >= 4 is 13.4 Å². The van der Waals surface area contributed by atoms with E-state index in [0.29, 0.717) is 0 Å². The Morgan fingerprint density at radius 1 is 1.00 bits per heavy atom. The number of anilines is 1. The number of hydrogen-bond acceptors (Lipinski definition) is 3. The van der Waals surface area contributed by atoms with Gasteiger partial charge in [0.05, 0.1) is 12.2 Å². The number of rotatable bonds is 6. The second kappa shape index (κ2) is 6.20. The molecule has 0 atom stereocenters. The molecular weight excluding hydrogens is 237 g/mol. The van der Waals surface area contributed by atoms with Gasteiger partial charge in [-0.05, 0) is 39.8 Å². The van der Waals surface area contributed by atoms with Crippen LogP contribution in [0.1, 0.15) is 27.7 Å². The zero-order chi connectivity index (χ0) is 12.9. The lowest BCUT2D eigenvalue weighted by molar-refractivity contribution is 0.146. The van der Waals surface area contributed by atoms with E-state index < -0.39 is 7.75 Å². The van der Waals surface area contributed by atoms with E-state index in [0.717, 1.165) is 5.69 Å². The van der Waals surface area contributed by atoms with Crippen molar-refractivity contribution in [3.8, 4) is 0 Å². The molecule has 0 aliphatic carbocycles. The van der Waals surface area contributed by atoms with Gasteiger partial charge in [0, 0.05) is 5.69 Å². The summed E-state index contributed by atoms with van der Waals surface area (Å²) in [7, 11) is -3.30. The van der Waals surface area contributed by atoms with Crippen molar-refractivity contribution in [2.45, 2.75) is 39.9 Å². The van der Waals surface area contributed by atoms with E-state index in [1.807, 2.05) is 58.0 Å². The highest BCUT2D eigenvalue weighted by atomic mass is 31.2. The Labute approximate surface area is 103 Å². The standard InChI is InChI=1S/C12H20NO3P/c1-10(2)15-17(14,16-11(3)4)13-12-8-6-5-7-9-12/h5-11H,1-4H3,(H,13,14). The number of benzene rings is 1. The minimum atomic E-state index is -3.30. The van der Waals surface area contributed by atoms with Crippen molar-refractivity contribution in [2.75, 3.05) is 5.09 Å². The van der Waals surface area contributed by atoms with Crippen LogP contribution in [0.5, 0.6) is 0 Å². The van der Waals surface area contributed by atoms with E-state index in [-0.39, 0.29) is 12.2 Å². The van der Waals surface area contributed by atoms with Crippen LogP contribution in [0.4, 0.5) is 5.69 Å². The average molecular weight is 257 g/mol. The van der Waals surface area contributed by atoms with Crippen molar-refractivity contribution in [3.63, 3.8) is 0 Å². The average Bonchev–Trinajstić information content (AvgIpc) is 2.15. The van der Waals surface area contributed by atoms with Gasteiger partial charge < -0.3 is 0 Å². The molecule has 0 radical (unpaired) electrons. The van der Waals surface area contributed by atoms with E-state index in [4.69, 9.17) is 9.05 Å². The SMILES string of the molecule is CC(C)OP(=O)(Nc1ccccc1)OC(C)C. The smallest absolute Gasteiger partial charge is 0.293 e. The minimum absolute atomic E-state index is 0.171. The molecular formula is C12H20NO3P. The van der Waals surface area contributed by atoms with Gasteiger partial charge in [0.25, 0.3) is 0 Å². The van der Waals surface area contributed by atoms with Crippen LogP contribution < -0.4 is 5.09 Å². The lowest BCUT2D eigenvalue weighted by Gasteiger charge is -2.23. The predicted molar refractivity (Wildman–Crippen MR) is 70.1 cm³/mol. The molecule has 0 spiro atoms. The van der Waals surface area contributed by atoms with E-state index in [1.165, 1.54) is 0 Å². The molecule has 0 bridgehead atoms. The molecule has 4 nitrogen and oxygen atoms in total. The van der Waals surface area contributed by atoms with Crippen LogP contribution >= 0.6 is 7.75 Å². The summed E-state index contributed by atoms with van der Waals surface area (Å²) in [6.45, 7) is 7.29. The molecule has 0 unspecified atom stereocenters. The van der Waals surface area contributed by atoms with Gasteiger partial charge in [-0.1, -0.05) is 18.2 Å². The van der Waals surface area contributed by atoms with Gasteiger partial charge in [0.2, 0.25) is 0 Å². The summed E-state index contributed by atoms with van der Waals surface area (Å²) in [5, 5.41) is 2.83. The second-order valence-electron chi connectivity index (χ2n) is 4.28. The van der Waals surface area contributed by atoms with E-state index in [9.17, 15) is 4.57 Å². The summed E-state index contributed by atoms with van der Waals surface area (Å²) < 4.78 is 23.2. The Bertz CT molecular complexity index is 365. The third-order valence-electron chi connectivity index (χ3n) is 1.74. The first kappa shape index (κ1) is 14.2. The first-order chi connectivity index (χ1) is 7.91. The zero-order valence-electron chi connectivity index (χ0n) is 10.7. The lowest BCUT2D eigenvalue weighted by atomic mass is 10.3. The second-order valence-corrected chi connectivity index (χ2v) is 5.92. The fourth-order valence-corrected chi connectivity index (χ4v) is 3.03. The maximum atomic E-state index is 12.4. The number of nitrogens with one attached hydrogen (secondary N) is 1. The molecule has 96 valence electrons. The Balaban J connectivity index is 2.80. The van der Waals surface area contributed by atoms with E-state index in [2.05, 4.69) is 5.09 Å². The van der Waals surface area contributed by atoms with Crippen molar-refractivity contribution in [2.24, 2.45) is 0 Å². The van der Waals surface area contributed by atoms with Gasteiger partial charge in [0.15, 0.2) is 0 Å². The highest BCUT2D eigenvalue weighted by molar-refractivity contribution is 7.55. The van der Waals surface area contributed by atoms with Crippen molar-refractivity contribution < 1.29 is 13.6 Å². The predicted octanol–water partition coefficient (Wildman–Crippen LogP) is 4.06. The number of hydrogen-bond donors (Lipinski definition) is 1. The highest BCUT2D eigenvalue weighted by Gasteiger charge is 2.27. The lowest BCUT2D eigenvalue weighted by Crippen LogP contribution is -2.13. The van der Waals surface area contributed by atoms with Crippen LogP contribution in [0.25, 0.3) is 0 Å². The fourth-order valence-electron chi connectivity index (χ4n) is 1.30. The third kappa shape index (κ3) is 5.35. The van der Waals surface area contributed by atoms with E-state index in [1.54, 1.807) is 0 Å². The van der Waals surface area contributed by atoms with Gasteiger partial charge in [-0.15, -0.1) is 0 Å². The van der Waals surface area contributed by atoms with Gasteiger partial charge in [-0.25, -0.2) is 4.57 Å². The molecule has 5 heteroatoms. The molecule has 1 rings (SSSR count). The molecule has 1 N–H and O–H groups in total. The van der Waals surface area contributed by atoms with Crippen molar-refractivity contribution in [1.29, 1.82) is 0 Å². The molecule has 1 aromatic carbocycles. The summed E-state index contributed by atoms with van der Waals surface area (Å²) in [6.07, 6.45) is -0.341. The molecule has 0 aromatic heterocycles. The highest BCUT2D eigenvalue weighted by Crippen LogP contribution is 2.49. The third-order valence-corrected chi connectivity index (χ3v) is 3.67. The molecule has 17 heavy (non-hydrogen) atoms. The van der Waals surface area contributed by atoms with E-state index >= 15 is 0 Å². The summed E-state index contributed by atoms with van der Waals surface area (Å²) in [6, 6.07) is 9.25. The van der Waals surface area contributed by atoms with Gasteiger partial charge in [-0.2, -0.15) is 0 Å². The maximum Gasteiger partial charge on any atom is 0.433 e. The van der Waals surface area contributed by atoms with Crippen LogP contribution in [0.15, 0.2) is 30.3 Å². The molecule has 0 aliphatic rings. The molecule has 0 fully saturated rings. The normalized spacial score (nSPS) is 12.1. The van der Waals surface area contributed by atoms with Crippen molar-refractivity contribution in [1.82, 2.24) is 0 Å². The summed E-state index contributed by atoms with van der Waals surface area (Å²) in [5.41, 5.74) is 0.720. The molecule has 0 aliphatic heterocycles. The van der Waals surface area contributed by atoms with Crippen LogP contribution in [0, 0.1) is 0 Å². The zero-order valence-corrected chi connectivity index (χ0v) is 11.6. The molecule has 0 saturated heterocycles.